The van der Waals surface area contributed by atoms with Crippen LogP contribution in [-0.2, 0) is 14.3 Å². The van der Waals surface area contributed by atoms with Crippen molar-refractivity contribution in [1.29, 1.82) is 0 Å². The molecule has 0 saturated carbocycles. The van der Waals surface area contributed by atoms with Gasteiger partial charge in [-0.3, -0.25) is 14.2 Å². The van der Waals surface area contributed by atoms with Crippen molar-refractivity contribution in [2.45, 2.75) is 32.9 Å². The number of amides is 1. The molecule has 0 fully saturated rings. The highest BCUT2D eigenvalue weighted by molar-refractivity contribution is 7.07. The molecule has 0 aliphatic carbocycles. The summed E-state index contributed by atoms with van der Waals surface area (Å²) in [6.07, 6.45) is 0. The Balaban J connectivity index is 1.71. The van der Waals surface area contributed by atoms with Crippen molar-refractivity contribution in [2.75, 3.05) is 18.6 Å². The molecule has 0 unspecified atom stereocenters. The molecule has 212 valence electrons. The molecule has 0 saturated heterocycles. The van der Waals surface area contributed by atoms with Gasteiger partial charge >= 0.3 is 5.97 Å². The van der Waals surface area contributed by atoms with E-state index in [2.05, 4.69) is 0 Å². The summed E-state index contributed by atoms with van der Waals surface area (Å²) in [6, 6.07) is 23.2. The third-order valence-corrected chi connectivity index (χ3v) is 8.44. The maximum Gasteiger partial charge on any atom is 0.338 e. The molecule has 9 heteroatoms. The fraction of sp³-hybridized carbons (Fsp3) is 0.212. The van der Waals surface area contributed by atoms with Crippen LogP contribution in [0, 0.1) is 0 Å². The zero-order valence-corrected chi connectivity index (χ0v) is 24.5. The molecule has 2 aliphatic rings. The van der Waals surface area contributed by atoms with E-state index < -0.39 is 17.6 Å². The highest BCUT2D eigenvalue weighted by Crippen LogP contribution is 2.38. The van der Waals surface area contributed by atoms with Crippen LogP contribution in [-0.4, -0.2) is 36.2 Å². The Labute approximate surface area is 246 Å². The first-order chi connectivity index (χ1) is 20.3. The average molecular weight is 580 g/mol. The predicted octanol–water partition coefficient (Wildman–Crippen LogP) is 4.07. The molecule has 3 aromatic carbocycles. The van der Waals surface area contributed by atoms with Crippen LogP contribution in [0.15, 0.2) is 94.2 Å². The summed E-state index contributed by atoms with van der Waals surface area (Å²) in [7, 11) is 1.58. The average Bonchev–Trinajstić information content (AvgIpc) is 3.49. The lowest BCUT2D eigenvalue weighted by Crippen LogP contribution is -2.41. The summed E-state index contributed by atoms with van der Waals surface area (Å²) < 4.78 is 12.7. The van der Waals surface area contributed by atoms with Crippen LogP contribution in [0.5, 0.6) is 5.75 Å². The second-order valence-corrected chi connectivity index (χ2v) is 11.2. The fourth-order valence-corrected chi connectivity index (χ4v) is 6.66. The Morgan fingerprint density at radius 3 is 2.33 bits per heavy atom. The summed E-state index contributed by atoms with van der Waals surface area (Å²) in [5.41, 5.74) is 3.50. The molecular formula is C33H29N3O5S. The molecule has 4 aromatic rings. The van der Waals surface area contributed by atoms with Crippen molar-refractivity contribution in [2.24, 2.45) is 4.99 Å². The highest BCUT2D eigenvalue weighted by Gasteiger charge is 2.38. The van der Waals surface area contributed by atoms with Crippen LogP contribution >= 0.6 is 11.3 Å². The number of ether oxygens (including phenoxy) is 2. The molecule has 0 spiro atoms. The van der Waals surface area contributed by atoms with E-state index in [9.17, 15) is 14.4 Å². The van der Waals surface area contributed by atoms with E-state index in [4.69, 9.17) is 14.5 Å². The van der Waals surface area contributed by atoms with Crippen molar-refractivity contribution < 1.29 is 19.1 Å². The number of para-hydroxylation sites is 1. The highest BCUT2D eigenvalue weighted by atomic mass is 32.1. The van der Waals surface area contributed by atoms with Gasteiger partial charge in [-0.2, -0.15) is 0 Å². The van der Waals surface area contributed by atoms with Crippen molar-refractivity contribution in [3.8, 4) is 5.75 Å². The summed E-state index contributed by atoms with van der Waals surface area (Å²) in [5.74, 6) is -0.155. The zero-order valence-electron chi connectivity index (χ0n) is 23.7. The SMILES string of the molecule is CCOC(=O)C1=C(c2ccccc2)N=c2s/c(=C3/C(=O)N(C(C)C)c4ccccc43)c(=O)n2[C@@H]1c1ccc(OC)cc1. The standard InChI is InChI=1S/C33H29N3O5S/c1-5-41-32(39)26-27(20-11-7-6-8-12-20)34-33-36(28(26)21-15-17-22(40-4)18-16-21)31(38)29(42-33)25-23-13-9-10-14-24(23)35(19(2)3)30(25)37/h6-19,28H,5H2,1-4H3/b29-25+/t28-/m1/s1. The summed E-state index contributed by atoms with van der Waals surface area (Å²) >= 11 is 1.16. The van der Waals surface area contributed by atoms with Crippen molar-refractivity contribution in [3.05, 3.63) is 121 Å². The molecule has 3 heterocycles. The molecule has 0 bridgehead atoms. The maximum atomic E-state index is 14.4. The third kappa shape index (κ3) is 4.37. The van der Waals surface area contributed by atoms with E-state index in [1.807, 2.05) is 80.6 Å². The third-order valence-electron chi connectivity index (χ3n) is 7.39. The number of nitrogens with zero attached hydrogens (tertiary/aromatic N) is 3. The quantitative estimate of drug-likeness (QED) is 0.322. The van der Waals surface area contributed by atoms with Crippen LogP contribution < -0.4 is 24.5 Å². The topological polar surface area (TPSA) is 90.2 Å². The number of hydrogen-bond acceptors (Lipinski definition) is 7. The Bertz CT molecular complexity index is 1920. The Kier molecular flexibility index (Phi) is 7.12. The lowest BCUT2D eigenvalue weighted by molar-refractivity contribution is -0.138. The summed E-state index contributed by atoms with van der Waals surface area (Å²) in [6.45, 7) is 5.79. The Morgan fingerprint density at radius 2 is 1.67 bits per heavy atom. The van der Waals surface area contributed by atoms with Gasteiger partial charge in [-0.1, -0.05) is 72.0 Å². The van der Waals surface area contributed by atoms with Gasteiger partial charge in [0.15, 0.2) is 4.80 Å². The molecular weight excluding hydrogens is 550 g/mol. The normalized spacial score (nSPS) is 17.2. The van der Waals surface area contributed by atoms with E-state index in [-0.39, 0.29) is 28.7 Å². The van der Waals surface area contributed by atoms with E-state index in [1.54, 1.807) is 31.1 Å². The number of carbonyl (C=O) groups is 2. The van der Waals surface area contributed by atoms with Crippen molar-refractivity contribution >= 4 is 40.2 Å². The first-order valence-electron chi connectivity index (χ1n) is 13.7. The fourth-order valence-electron chi connectivity index (χ4n) is 5.56. The van der Waals surface area contributed by atoms with Gasteiger partial charge < -0.3 is 14.4 Å². The lowest BCUT2D eigenvalue weighted by Gasteiger charge is -2.26. The minimum atomic E-state index is -0.844. The molecule has 0 radical (unpaired) electrons. The number of methoxy groups -OCH3 is 1. The molecule has 8 nitrogen and oxygen atoms in total. The number of carbonyl (C=O) groups excluding carboxylic acids is 2. The number of rotatable bonds is 6. The van der Waals surface area contributed by atoms with Crippen molar-refractivity contribution in [1.82, 2.24) is 4.57 Å². The smallest absolute Gasteiger partial charge is 0.338 e. The second-order valence-electron chi connectivity index (χ2n) is 10.2. The van der Waals surface area contributed by atoms with Gasteiger partial charge in [0, 0.05) is 17.2 Å². The summed E-state index contributed by atoms with van der Waals surface area (Å²) in [5, 5.41) is 0. The second kappa shape index (κ2) is 10.9. The molecule has 1 aromatic heterocycles. The number of aromatic nitrogens is 1. The van der Waals surface area contributed by atoms with Gasteiger partial charge in [0.2, 0.25) is 0 Å². The van der Waals surface area contributed by atoms with E-state index in [0.29, 0.717) is 38.5 Å². The molecule has 42 heavy (non-hydrogen) atoms. The largest absolute Gasteiger partial charge is 0.497 e. The molecule has 0 N–H and O–H groups in total. The van der Waals surface area contributed by atoms with Crippen LogP contribution in [0.2, 0.25) is 0 Å². The Hall–Kier alpha value is -4.76. The van der Waals surface area contributed by atoms with Gasteiger partial charge in [-0.25, -0.2) is 9.79 Å². The van der Waals surface area contributed by atoms with Gasteiger partial charge in [0.25, 0.3) is 11.5 Å². The number of esters is 1. The molecule has 6 rings (SSSR count). The summed E-state index contributed by atoms with van der Waals surface area (Å²) in [4.78, 5) is 48.9. The minimum Gasteiger partial charge on any atom is -0.497 e. The number of benzene rings is 3. The zero-order chi connectivity index (χ0) is 29.5. The number of thiazole rings is 1. The first-order valence-corrected chi connectivity index (χ1v) is 14.5. The van der Waals surface area contributed by atoms with Crippen molar-refractivity contribution in [3.63, 3.8) is 0 Å². The van der Waals surface area contributed by atoms with E-state index >= 15 is 0 Å². The molecule has 1 amide bonds. The number of anilines is 1. The van der Waals surface area contributed by atoms with Crippen LogP contribution in [0.4, 0.5) is 5.69 Å². The van der Waals surface area contributed by atoms with Crippen LogP contribution in [0.1, 0.15) is 43.5 Å². The molecule has 2 aliphatic heterocycles. The van der Waals surface area contributed by atoms with E-state index in [1.165, 1.54) is 4.57 Å². The minimum absolute atomic E-state index is 0.105. The number of fused-ring (bicyclic) bond motifs is 2. The molecule has 1 atom stereocenters. The van der Waals surface area contributed by atoms with Gasteiger partial charge in [0.05, 0.1) is 42.3 Å². The van der Waals surface area contributed by atoms with Gasteiger partial charge in [-0.15, -0.1) is 0 Å². The Morgan fingerprint density at radius 1 is 0.976 bits per heavy atom. The van der Waals surface area contributed by atoms with Crippen LogP contribution in [0.3, 0.4) is 0 Å². The van der Waals surface area contributed by atoms with Crippen LogP contribution in [0.25, 0.3) is 11.3 Å². The predicted molar refractivity (Wildman–Crippen MR) is 162 cm³/mol. The first kappa shape index (κ1) is 27.4. The maximum absolute atomic E-state index is 14.4. The monoisotopic (exact) mass is 579 g/mol. The van der Waals surface area contributed by atoms with Gasteiger partial charge in [0.1, 0.15) is 10.3 Å². The lowest BCUT2D eigenvalue weighted by atomic mass is 9.93. The van der Waals surface area contributed by atoms with Gasteiger partial charge in [-0.05, 0) is 44.5 Å². The number of hydrogen-bond donors (Lipinski definition) is 0. The van der Waals surface area contributed by atoms with E-state index in [0.717, 1.165) is 17.0 Å².